The summed E-state index contributed by atoms with van der Waals surface area (Å²) in [5.74, 6) is -0.749. The summed E-state index contributed by atoms with van der Waals surface area (Å²) in [5.41, 5.74) is -1.70. The summed E-state index contributed by atoms with van der Waals surface area (Å²) in [7, 11) is 1.56. The number of amides is 3. The van der Waals surface area contributed by atoms with Crippen molar-refractivity contribution >= 4 is 23.5 Å². The number of imide groups is 1. The van der Waals surface area contributed by atoms with Crippen molar-refractivity contribution in [2.75, 3.05) is 13.7 Å². The number of halogens is 1. The van der Waals surface area contributed by atoms with Gasteiger partial charge in [-0.2, -0.15) is 0 Å². The molecule has 2 aliphatic heterocycles. The number of aliphatic hydroxyl groups is 1. The third-order valence-corrected chi connectivity index (χ3v) is 5.04. The number of rotatable bonds is 3. The van der Waals surface area contributed by atoms with Crippen molar-refractivity contribution in [1.29, 1.82) is 0 Å². The van der Waals surface area contributed by atoms with E-state index in [4.69, 9.17) is 21.1 Å². The number of hydrogen-bond acceptors (Lipinski definition) is 5. The zero-order chi connectivity index (χ0) is 15.9. The van der Waals surface area contributed by atoms with Gasteiger partial charge in [-0.3, -0.25) is 15.0 Å². The molecule has 2 fully saturated rings. The van der Waals surface area contributed by atoms with Crippen LogP contribution in [0.25, 0.3) is 0 Å². The molecule has 0 aliphatic carbocycles. The van der Waals surface area contributed by atoms with Crippen LogP contribution >= 0.6 is 11.6 Å². The van der Waals surface area contributed by atoms with Gasteiger partial charge in [-0.25, -0.2) is 4.79 Å². The summed E-state index contributed by atoms with van der Waals surface area (Å²) in [4.78, 5) is 25.1. The van der Waals surface area contributed by atoms with Gasteiger partial charge in [0.2, 0.25) is 0 Å². The minimum atomic E-state index is -1.70. The van der Waals surface area contributed by atoms with E-state index in [0.29, 0.717) is 6.61 Å². The number of carbonyl (C=O) groups excluding carboxylic acids is 2. The molecule has 2 aliphatic rings. The number of alkyl halides is 1. The van der Waals surface area contributed by atoms with E-state index >= 15 is 0 Å². The first kappa shape index (κ1) is 16.5. The molecule has 0 aromatic carbocycles. The molecule has 6 unspecified atom stereocenters. The van der Waals surface area contributed by atoms with Crippen molar-refractivity contribution in [2.24, 2.45) is 5.92 Å². The van der Waals surface area contributed by atoms with Crippen molar-refractivity contribution in [3.05, 3.63) is 0 Å². The standard InChI is InChI=1S/C13H21ClN2O5/c1-6-8(5-20-4)21-10(9(6)14)16-7(2)13(3,19)11(17)15-12(16)18/h6-10,19H,5H2,1-4H3,(H,15,17,18). The summed E-state index contributed by atoms with van der Waals surface area (Å²) in [6.45, 7) is 5.23. The Morgan fingerprint density at radius 3 is 2.67 bits per heavy atom. The number of urea groups is 1. The van der Waals surface area contributed by atoms with Crippen LogP contribution in [-0.2, 0) is 14.3 Å². The second-order valence-electron chi connectivity index (χ2n) is 5.81. The van der Waals surface area contributed by atoms with Crippen LogP contribution in [0.1, 0.15) is 20.8 Å². The van der Waals surface area contributed by atoms with Gasteiger partial charge in [0.25, 0.3) is 5.91 Å². The first-order valence-electron chi connectivity index (χ1n) is 6.86. The first-order chi connectivity index (χ1) is 9.71. The van der Waals surface area contributed by atoms with Gasteiger partial charge in [0.05, 0.1) is 24.1 Å². The Hall–Kier alpha value is -0.890. The van der Waals surface area contributed by atoms with Crippen LogP contribution in [0.5, 0.6) is 0 Å². The molecular formula is C13H21ClN2O5. The van der Waals surface area contributed by atoms with Crippen LogP contribution in [0.3, 0.4) is 0 Å². The van der Waals surface area contributed by atoms with E-state index in [1.165, 1.54) is 11.8 Å². The lowest BCUT2D eigenvalue weighted by Crippen LogP contribution is -2.70. The fraction of sp³-hybridized carbons (Fsp3) is 0.846. The third kappa shape index (κ3) is 2.63. The molecule has 0 aromatic rings. The normalized spacial score (nSPS) is 44.1. The second kappa shape index (κ2) is 5.72. The van der Waals surface area contributed by atoms with Crippen LogP contribution in [0.15, 0.2) is 0 Å². The number of ether oxygens (including phenoxy) is 2. The Labute approximate surface area is 128 Å². The topological polar surface area (TPSA) is 88.1 Å². The molecule has 2 saturated heterocycles. The second-order valence-corrected chi connectivity index (χ2v) is 6.32. The van der Waals surface area contributed by atoms with Gasteiger partial charge in [0, 0.05) is 13.0 Å². The first-order valence-corrected chi connectivity index (χ1v) is 7.30. The van der Waals surface area contributed by atoms with Gasteiger partial charge < -0.3 is 14.6 Å². The SMILES string of the molecule is COCC1OC(N2C(=O)NC(=O)C(C)(O)C2C)C(Cl)C1C. The maximum Gasteiger partial charge on any atom is 0.326 e. The Morgan fingerprint density at radius 2 is 2.10 bits per heavy atom. The summed E-state index contributed by atoms with van der Waals surface area (Å²) in [6.07, 6.45) is -0.971. The predicted octanol–water partition coefficient (Wildman–Crippen LogP) is 0.293. The van der Waals surface area contributed by atoms with E-state index in [0.717, 1.165) is 0 Å². The van der Waals surface area contributed by atoms with Crippen LogP contribution in [0.4, 0.5) is 4.79 Å². The summed E-state index contributed by atoms with van der Waals surface area (Å²) in [5, 5.41) is 11.9. The smallest absolute Gasteiger partial charge is 0.326 e. The molecule has 0 spiro atoms. The van der Waals surface area contributed by atoms with Crippen LogP contribution < -0.4 is 5.32 Å². The average Bonchev–Trinajstić information content (AvgIpc) is 2.67. The Bertz CT molecular complexity index is 444. The molecule has 3 amide bonds. The lowest BCUT2D eigenvalue weighted by Gasteiger charge is -2.44. The van der Waals surface area contributed by atoms with Crippen molar-refractivity contribution in [3.63, 3.8) is 0 Å². The predicted molar refractivity (Wildman–Crippen MR) is 74.8 cm³/mol. The zero-order valence-corrected chi connectivity index (χ0v) is 13.3. The van der Waals surface area contributed by atoms with E-state index in [1.54, 1.807) is 14.0 Å². The van der Waals surface area contributed by atoms with Crippen LogP contribution in [0, 0.1) is 5.92 Å². The highest BCUT2D eigenvalue weighted by Gasteiger charge is 2.54. The molecule has 2 rings (SSSR count). The van der Waals surface area contributed by atoms with Gasteiger partial charge in [-0.15, -0.1) is 11.6 Å². The van der Waals surface area contributed by atoms with Gasteiger partial charge in [0.15, 0.2) is 11.8 Å². The van der Waals surface area contributed by atoms with Crippen LogP contribution in [0.2, 0.25) is 0 Å². The van der Waals surface area contributed by atoms with E-state index in [2.05, 4.69) is 5.32 Å². The van der Waals surface area contributed by atoms with E-state index in [-0.39, 0.29) is 12.0 Å². The van der Waals surface area contributed by atoms with Gasteiger partial charge in [0.1, 0.15) is 0 Å². The Morgan fingerprint density at radius 1 is 1.48 bits per heavy atom. The van der Waals surface area contributed by atoms with Gasteiger partial charge in [-0.05, 0) is 13.8 Å². The molecule has 0 radical (unpaired) electrons. The molecule has 21 heavy (non-hydrogen) atoms. The van der Waals surface area contributed by atoms with Crippen molar-refractivity contribution in [1.82, 2.24) is 10.2 Å². The third-order valence-electron chi connectivity index (χ3n) is 4.43. The minimum Gasteiger partial charge on any atom is -0.382 e. The van der Waals surface area contributed by atoms with E-state index in [1.807, 2.05) is 6.92 Å². The number of methoxy groups -OCH3 is 1. The molecule has 0 saturated carbocycles. The summed E-state index contributed by atoms with van der Waals surface area (Å²) >= 11 is 6.38. The lowest BCUT2D eigenvalue weighted by molar-refractivity contribution is -0.156. The molecule has 7 nitrogen and oxygen atoms in total. The minimum absolute atomic E-state index is 0.0285. The molecule has 6 atom stereocenters. The van der Waals surface area contributed by atoms with Crippen LogP contribution in [-0.4, -0.2) is 65.0 Å². The summed E-state index contributed by atoms with van der Waals surface area (Å²) < 4.78 is 10.9. The van der Waals surface area contributed by atoms with Gasteiger partial charge >= 0.3 is 6.03 Å². The molecule has 0 bridgehead atoms. The van der Waals surface area contributed by atoms with E-state index < -0.39 is 35.2 Å². The highest BCUT2D eigenvalue weighted by atomic mass is 35.5. The number of nitrogens with zero attached hydrogens (tertiary/aromatic N) is 1. The van der Waals surface area contributed by atoms with Crippen molar-refractivity contribution < 1.29 is 24.2 Å². The maximum atomic E-state index is 12.1. The fourth-order valence-corrected chi connectivity index (χ4v) is 3.02. The fourth-order valence-electron chi connectivity index (χ4n) is 2.68. The molecule has 8 heteroatoms. The highest BCUT2D eigenvalue weighted by Crippen LogP contribution is 2.36. The molecule has 120 valence electrons. The molecule has 0 aromatic heterocycles. The maximum absolute atomic E-state index is 12.1. The average molecular weight is 321 g/mol. The lowest BCUT2D eigenvalue weighted by atomic mass is 9.92. The quantitative estimate of drug-likeness (QED) is 0.730. The number of hydrogen-bond donors (Lipinski definition) is 2. The monoisotopic (exact) mass is 320 g/mol. The molecular weight excluding hydrogens is 300 g/mol. The number of nitrogens with one attached hydrogen (secondary N) is 1. The number of carbonyl (C=O) groups is 2. The van der Waals surface area contributed by atoms with Crippen molar-refractivity contribution in [2.45, 2.75) is 50.1 Å². The summed E-state index contributed by atoms with van der Waals surface area (Å²) in [6, 6.07) is -1.36. The van der Waals surface area contributed by atoms with Crippen molar-refractivity contribution in [3.8, 4) is 0 Å². The molecule has 2 heterocycles. The van der Waals surface area contributed by atoms with E-state index in [9.17, 15) is 14.7 Å². The largest absolute Gasteiger partial charge is 0.382 e. The van der Waals surface area contributed by atoms with Gasteiger partial charge in [-0.1, -0.05) is 6.92 Å². The Balaban J connectivity index is 2.24. The highest BCUT2D eigenvalue weighted by molar-refractivity contribution is 6.21. The molecule has 2 N–H and O–H groups in total. The Kier molecular flexibility index (Phi) is 4.49. The zero-order valence-electron chi connectivity index (χ0n) is 12.5.